The normalized spacial score (nSPS) is 14.4. The van der Waals surface area contributed by atoms with E-state index in [0.29, 0.717) is 24.6 Å². The van der Waals surface area contributed by atoms with E-state index in [1.54, 1.807) is 26.8 Å². The number of pyridine rings is 1. The van der Waals surface area contributed by atoms with Crippen LogP contribution in [0.5, 0.6) is 0 Å². The molecule has 7 heteroatoms. The highest BCUT2D eigenvalue weighted by atomic mass is 16.5. The monoisotopic (exact) mass is 409 g/mol. The molecule has 0 spiro atoms. The molecular weight excluding hydrogens is 380 g/mol. The smallest absolute Gasteiger partial charge is 0.357 e. The van der Waals surface area contributed by atoms with Gasteiger partial charge in [0.05, 0.1) is 12.2 Å². The summed E-state index contributed by atoms with van der Waals surface area (Å²) >= 11 is 0. The number of likely N-dealkylation sites (tertiary alicyclic amines) is 1. The van der Waals surface area contributed by atoms with Crippen LogP contribution in [-0.2, 0) is 9.53 Å². The van der Waals surface area contributed by atoms with Crippen LogP contribution in [0, 0.1) is 5.41 Å². The number of quaternary nitrogens is 1. The molecule has 2 aromatic rings. The van der Waals surface area contributed by atoms with Gasteiger partial charge in [-0.3, -0.25) is 10.1 Å². The van der Waals surface area contributed by atoms with Crippen LogP contribution in [0.2, 0.25) is 0 Å². The van der Waals surface area contributed by atoms with Crippen molar-refractivity contribution in [2.45, 2.75) is 39.5 Å². The van der Waals surface area contributed by atoms with Crippen molar-refractivity contribution < 1.29 is 19.6 Å². The van der Waals surface area contributed by atoms with E-state index in [1.165, 1.54) is 0 Å². The third-order valence-corrected chi connectivity index (χ3v) is 5.42. The lowest BCUT2D eigenvalue weighted by molar-refractivity contribution is -0.483. The largest absolute Gasteiger partial charge is 0.461 e. The van der Waals surface area contributed by atoms with Crippen LogP contribution in [0.3, 0.4) is 0 Å². The molecule has 7 nitrogen and oxygen atoms in total. The van der Waals surface area contributed by atoms with E-state index < -0.39 is 5.97 Å². The SMILES string of the molecule is CCOC(=O)c1cc(C2CCN(C(C)=O)CC2)c(C(C)=N)c([NH2+]c2ccccc2)n1. The zero-order valence-electron chi connectivity index (χ0n) is 17.8. The second-order valence-corrected chi connectivity index (χ2v) is 7.54. The summed E-state index contributed by atoms with van der Waals surface area (Å²) in [5.74, 6) is 0.368. The molecule has 1 aromatic heterocycles. The average Bonchev–Trinajstić information content (AvgIpc) is 2.74. The molecule has 1 fully saturated rings. The molecule has 1 aliphatic heterocycles. The highest BCUT2D eigenvalue weighted by Gasteiger charge is 2.29. The first-order valence-electron chi connectivity index (χ1n) is 10.3. The number of hydrogen-bond acceptors (Lipinski definition) is 5. The molecule has 1 aliphatic rings. The summed E-state index contributed by atoms with van der Waals surface area (Å²) < 4.78 is 5.20. The van der Waals surface area contributed by atoms with Crippen LogP contribution in [0.25, 0.3) is 0 Å². The Morgan fingerprint density at radius 2 is 1.87 bits per heavy atom. The quantitative estimate of drug-likeness (QED) is 0.435. The van der Waals surface area contributed by atoms with Crippen molar-refractivity contribution in [1.82, 2.24) is 9.88 Å². The Hall–Kier alpha value is -3.06. The fourth-order valence-electron chi connectivity index (χ4n) is 3.94. The first kappa shape index (κ1) is 21.6. The molecule has 158 valence electrons. The predicted octanol–water partition coefficient (Wildman–Crippen LogP) is 2.90. The molecule has 0 unspecified atom stereocenters. The fourth-order valence-corrected chi connectivity index (χ4v) is 3.94. The number of benzene rings is 1. The van der Waals surface area contributed by atoms with Crippen molar-refractivity contribution in [3.63, 3.8) is 0 Å². The fraction of sp³-hybridized carbons (Fsp3) is 0.391. The lowest BCUT2D eigenvalue weighted by Crippen LogP contribution is -2.72. The number of carbonyl (C=O) groups is 2. The van der Waals surface area contributed by atoms with Crippen LogP contribution < -0.4 is 5.32 Å². The third kappa shape index (κ3) is 4.91. The molecule has 3 N–H and O–H groups in total. The molecule has 0 radical (unpaired) electrons. The van der Waals surface area contributed by atoms with Gasteiger partial charge < -0.3 is 15.0 Å². The van der Waals surface area contributed by atoms with E-state index in [1.807, 2.05) is 40.5 Å². The van der Waals surface area contributed by atoms with Gasteiger partial charge in [-0.1, -0.05) is 18.2 Å². The Kier molecular flexibility index (Phi) is 6.95. The van der Waals surface area contributed by atoms with Gasteiger partial charge in [0.2, 0.25) is 11.7 Å². The zero-order chi connectivity index (χ0) is 21.7. The minimum atomic E-state index is -0.461. The highest BCUT2D eigenvalue weighted by molar-refractivity contribution is 6.02. The van der Waals surface area contributed by atoms with Crippen LogP contribution in [0.1, 0.15) is 61.1 Å². The van der Waals surface area contributed by atoms with Gasteiger partial charge >= 0.3 is 5.97 Å². The number of aromatic nitrogens is 1. The maximum atomic E-state index is 12.5. The van der Waals surface area contributed by atoms with Gasteiger partial charge in [-0.15, -0.1) is 0 Å². The lowest BCUT2D eigenvalue weighted by atomic mass is 9.85. The maximum Gasteiger partial charge on any atom is 0.357 e. The number of para-hydroxylation sites is 1. The Morgan fingerprint density at radius 1 is 1.20 bits per heavy atom. The summed E-state index contributed by atoms with van der Waals surface area (Å²) in [4.78, 5) is 30.6. The molecule has 0 aliphatic carbocycles. The van der Waals surface area contributed by atoms with Gasteiger partial charge in [0, 0.05) is 25.7 Å². The predicted molar refractivity (Wildman–Crippen MR) is 115 cm³/mol. The van der Waals surface area contributed by atoms with Crippen molar-refractivity contribution in [2.75, 3.05) is 19.7 Å². The average molecular weight is 410 g/mol. The van der Waals surface area contributed by atoms with Crippen LogP contribution >= 0.6 is 0 Å². The lowest BCUT2D eigenvalue weighted by Gasteiger charge is -2.32. The Balaban J connectivity index is 2.05. The van der Waals surface area contributed by atoms with E-state index in [4.69, 9.17) is 10.1 Å². The number of nitrogens with two attached hydrogens (primary N) is 1. The Bertz CT molecular complexity index is 935. The van der Waals surface area contributed by atoms with Crippen molar-refractivity contribution in [3.8, 4) is 0 Å². The molecular formula is C23H29N4O3+. The van der Waals surface area contributed by atoms with Gasteiger partial charge in [-0.2, -0.15) is 4.98 Å². The number of hydrogen-bond donors (Lipinski definition) is 2. The topological polar surface area (TPSA) is 100.0 Å². The molecule has 2 heterocycles. The number of ether oxygens (including phenoxy) is 1. The number of rotatable bonds is 6. The number of esters is 1. The summed E-state index contributed by atoms with van der Waals surface area (Å²) in [6.07, 6.45) is 1.58. The van der Waals surface area contributed by atoms with E-state index in [0.717, 1.165) is 29.7 Å². The van der Waals surface area contributed by atoms with Crippen molar-refractivity contribution >= 4 is 29.1 Å². The van der Waals surface area contributed by atoms with Crippen LogP contribution in [0.15, 0.2) is 36.4 Å². The van der Waals surface area contributed by atoms with Gasteiger partial charge in [-0.05, 0) is 56.4 Å². The summed E-state index contributed by atoms with van der Waals surface area (Å²) in [5, 5.41) is 10.3. The van der Waals surface area contributed by atoms with E-state index >= 15 is 0 Å². The highest BCUT2D eigenvalue weighted by Crippen LogP contribution is 2.33. The number of carbonyl (C=O) groups excluding carboxylic acids is 2. The van der Waals surface area contributed by atoms with E-state index in [-0.39, 0.29) is 24.1 Å². The standard InChI is InChI=1S/C23H28N4O3/c1-4-30-23(29)20-14-19(17-10-12-27(13-11-17)16(3)28)21(15(2)24)22(26-20)25-18-8-6-5-7-9-18/h5-9,14,17,24H,4,10-13H2,1-3H3,(H,25,26)/p+1. The molecule has 1 aromatic carbocycles. The van der Waals surface area contributed by atoms with Crippen LogP contribution in [-0.4, -0.2) is 47.2 Å². The zero-order valence-corrected chi connectivity index (χ0v) is 17.8. The van der Waals surface area contributed by atoms with E-state index in [2.05, 4.69) is 4.98 Å². The number of piperidine rings is 1. The van der Waals surface area contributed by atoms with E-state index in [9.17, 15) is 9.59 Å². The molecule has 30 heavy (non-hydrogen) atoms. The molecule has 0 saturated carbocycles. The summed E-state index contributed by atoms with van der Waals surface area (Å²) in [7, 11) is 0. The summed E-state index contributed by atoms with van der Waals surface area (Å²) in [6.45, 7) is 6.72. The molecule has 0 bridgehead atoms. The second-order valence-electron chi connectivity index (χ2n) is 7.54. The maximum absolute atomic E-state index is 12.5. The minimum absolute atomic E-state index is 0.0805. The van der Waals surface area contributed by atoms with Gasteiger partial charge in [0.1, 0.15) is 5.69 Å². The van der Waals surface area contributed by atoms with Gasteiger partial charge in [0.15, 0.2) is 5.69 Å². The minimum Gasteiger partial charge on any atom is -0.461 e. The van der Waals surface area contributed by atoms with Crippen molar-refractivity contribution in [3.05, 3.63) is 53.2 Å². The number of amides is 1. The Labute approximate surface area is 177 Å². The van der Waals surface area contributed by atoms with Crippen LogP contribution in [0.4, 0.5) is 11.5 Å². The molecule has 0 atom stereocenters. The molecule has 3 rings (SSSR count). The first-order valence-corrected chi connectivity index (χ1v) is 10.3. The number of nitrogens with zero attached hydrogens (tertiary/aromatic N) is 2. The van der Waals surface area contributed by atoms with Crippen molar-refractivity contribution in [2.24, 2.45) is 0 Å². The third-order valence-electron chi connectivity index (χ3n) is 5.42. The summed E-state index contributed by atoms with van der Waals surface area (Å²) in [5.41, 5.74) is 3.31. The molecule has 1 amide bonds. The second kappa shape index (κ2) is 9.63. The summed E-state index contributed by atoms with van der Waals surface area (Å²) in [6, 6.07) is 11.5. The Morgan fingerprint density at radius 3 is 2.43 bits per heavy atom. The van der Waals surface area contributed by atoms with Crippen molar-refractivity contribution in [1.29, 1.82) is 5.41 Å². The molecule has 1 saturated heterocycles. The van der Waals surface area contributed by atoms with Gasteiger partial charge in [0.25, 0.3) is 0 Å². The van der Waals surface area contributed by atoms with Gasteiger partial charge in [-0.25, -0.2) is 4.79 Å². The number of nitrogens with one attached hydrogen (secondary N) is 1. The first-order chi connectivity index (χ1) is 14.4.